The van der Waals surface area contributed by atoms with Crippen LogP contribution in [0.4, 0.5) is 5.69 Å². The zero-order valence-electron chi connectivity index (χ0n) is 14.2. The number of H-pyrrole nitrogens is 2. The van der Waals surface area contributed by atoms with Crippen LogP contribution in [0.5, 0.6) is 0 Å². The Labute approximate surface area is 154 Å². The third-order valence-electron chi connectivity index (χ3n) is 4.11. The number of nitrogens with zero attached hydrogens (tertiary/aromatic N) is 3. The van der Waals surface area contributed by atoms with Crippen LogP contribution in [0.15, 0.2) is 52.3 Å². The molecule has 2 aromatic carbocycles. The number of benzene rings is 2. The van der Waals surface area contributed by atoms with Gasteiger partial charge < -0.3 is 4.98 Å². The molecule has 0 atom stereocenters. The maximum absolute atomic E-state index is 12.7. The predicted molar refractivity (Wildman–Crippen MR) is 104 cm³/mol. The van der Waals surface area contributed by atoms with Crippen molar-refractivity contribution in [1.29, 1.82) is 0 Å². The molecule has 0 saturated carbocycles. The monoisotopic (exact) mass is 365 g/mol. The van der Waals surface area contributed by atoms with Gasteiger partial charge in [-0.1, -0.05) is 17.7 Å². The molecule has 2 heterocycles. The normalized spacial score (nSPS) is 11.7. The highest BCUT2D eigenvalue weighted by atomic mass is 35.5. The van der Waals surface area contributed by atoms with Gasteiger partial charge in [-0.25, -0.2) is 9.67 Å². The summed E-state index contributed by atoms with van der Waals surface area (Å²) in [6.45, 7) is 3.75. The zero-order chi connectivity index (χ0) is 18.3. The average molecular weight is 366 g/mol. The van der Waals surface area contributed by atoms with Gasteiger partial charge in [0.25, 0.3) is 5.56 Å². The smallest absolute Gasteiger partial charge is 0.280 e. The van der Waals surface area contributed by atoms with Gasteiger partial charge >= 0.3 is 0 Å². The Balaban J connectivity index is 1.71. The Bertz CT molecular complexity index is 1200. The molecule has 0 unspecified atom stereocenters. The fourth-order valence-corrected chi connectivity index (χ4v) is 3.04. The molecular formula is C19H16ClN5O. The Kier molecular flexibility index (Phi) is 3.97. The summed E-state index contributed by atoms with van der Waals surface area (Å²) >= 11 is 6.02. The Morgan fingerprint density at radius 2 is 2.04 bits per heavy atom. The molecule has 130 valence electrons. The van der Waals surface area contributed by atoms with Gasteiger partial charge in [-0.3, -0.25) is 14.9 Å². The van der Waals surface area contributed by atoms with E-state index in [4.69, 9.17) is 11.6 Å². The van der Waals surface area contributed by atoms with Crippen molar-refractivity contribution >= 4 is 34.5 Å². The molecule has 7 heteroatoms. The standard InChI is InChI=1S/C19H16ClN5O/c1-11-16(19(26)25(24-11)15-5-3-4-13(20)8-15)10-21-14-6-7-17-18(9-14)23-12(2)22-17/h3-10,24H,1-2H3,(H,22,23). The molecule has 4 rings (SSSR count). The van der Waals surface area contributed by atoms with Crippen LogP contribution in [0.2, 0.25) is 5.02 Å². The molecule has 0 aliphatic heterocycles. The minimum absolute atomic E-state index is 0.174. The second-order valence-corrected chi connectivity index (χ2v) is 6.49. The van der Waals surface area contributed by atoms with Gasteiger partial charge in [-0.2, -0.15) is 0 Å². The topological polar surface area (TPSA) is 78.8 Å². The minimum atomic E-state index is -0.174. The van der Waals surface area contributed by atoms with Crippen LogP contribution in [0.25, 0.3) is 16.7 Å². The van der Waals surface area contributed by atoms with E-state index in [1.165, 1.54) is 4.68 Å². The van der Waals surface area contributed by atoms with E-state index < -0.39 is 0 Å². The summed E-state index contributed by atoms with van der Waals surface area (Å²) in [5, 5.41) is 3.63. The first-order chi connectivity index (χ1) is 12.5. The molecule has 2 N–H and O–H groups in total. The fraction of sp³-hybridized carbons (Fsp3) is 0.105. The minimum Gasteiger partial charge on any atom is -0.342 e. The highest BCUT2D eigenvalue weighted by Crippen LogP contribution is 2.19. The fourth-order valence-electron chi connectivity index (χ4n) is 2.85. The van der Waals surface area contributed by atoms with Gasteiger partial charge in [-0.05, 0) is 50.2 Å². The lowest BCUT2D eigenvalue weighted by Gasteiger charge is -2.01. The largest absolute Gasteiger partial charge is 0.342 e. The van der Waals surface area contributed by atoms with E-state index in [9.17, 15) is 4.79 Å². The van der Waals surface area contributed by atoms with Gasteiger partial charge in [0.1, 0.15) is 5.82 Å². The van der Waals surface area contributed by atoms with E-state index in [0.717, 1.165) is 28.2 Å². The molecule has 0 fully saturated rings. The number of aromatic amines is 2. The van der Waals surface area contributed by atoms with E-state index >= 15 is 0 Å². The summed E-state index contributed by atoms with van der Waals surface area (Å²) in [6, 6.07) is 12.8. The van der Waals surface area contributed by atoms with Gasteiger partial charge in [0.05, 0.1) is 28.0 Å². The van der Waals surface area contributed by atoms with Gasteiger partial charge in [0.2, 0.25) is 0 Å². The quantitative estimate of drug-likeness (QED) is 0.537. The lowest BCUT2D eigenvalue weighted by atomic mass is 10.2. The number of halogens is 1. The Morgan fingerprint density at radius 3 is 2.85 bits per heavy atom. The lowest BCUT2D eigenvalue weighted by Crippen LogP contribution is -2.17. The number of fused-ring (bicyclic) bond motifs is 1. The molecule has 2 aromatic heterocycles. The molecule has 0 bridgehead atoms. The molecule has 4 aromatic rings. The second-order valence-electron chi connectivity index (χ2n) is 6.05. The van der Waals surface area contributed by atoms with Crippen molar-refractivity contribution < 1.29 is 0 Å². The molecule has 0 spiro atoms. The number of aromatic nitrogens is 4. The van der Waals surface area contributed by atoms with E-state index in [1.807, 2.05) is 38.1 Å². The highest BCUT2D eigenvalue weighted by Gasteiger charge is 2.11. The van der Waals surface area contributed by atoms with E-state index in [1.54, 1.807) is 24.4 Å². The molecule has 26 heavy (non-hydrogen) atoms. The first-order valence-corrected chi connectivity index (χ1v) is 8.47. The molecule has 0 radical (unpaired) electrons. The number of aryl methyl sites for hydroxylation is 2. The summed E-state index contributed by atoms with van der Waals surface area (Å²) < 4.78 is 1.46. The van der Waals surface area contributed by atoms with Crippen LogP contribution >= 0.6 is 11.6 Å². The number of imidazole rings is 1. The maximum atomic E-state index is 12.7. The molecule has 0 aliphatic carbocycles. The summed E-state index contributed by atoms with van der Waals surface area (Å²) in [5.41, 5.74) is 4.30. The number of nitrogens with one attached hydrogen (secondary N) is 2. The predicted octanol–water partition coefficient (Wildman–Crippen LogP) is 4.06. The second kappa shape index (κ2) is 6.31. The van der Waals surface area contributed by atoms with Crippen molar-refractivity contribution in [2.24, 2.45) is 4.99 Å². The first-order valence-electron chi connectivity index (χ1n) is 8.09. The number of hydrogen-bond acceptors (Lipinski definition) is 3. The third kappa shape index (κ3) is 2.95. The summed E-state index contributed by atoms with van der Waals surface area (Å²) in [4.78, 5) is 24.7. The number of rotatable bonds is 3. The molecule has 6 nitrogen and oxygen atoms in total. The van der Waals surface area contributed by atoms with Gasteiger partial charge in [0.15, 0.2) is 0 Å². The van der Waals surface area contributed by atoms with E-state index in [-0.39, 0.29) is 5.56 Å². The molecule has 0 saturated heterocycles. The Hall–Kier alpha value is -3.12. The summed E-state index contributed by atoms with van der Waals surface area (Å²) in [5.74, 6) is 0.854. The Morgan fingerprint density at radius 1 is 1.19 bits per heavy atom. The lowest BCUT2D eigenvalue weighted by molar-refractivity contribution is 0.835. The zero-order valence-corrected chi connectivity index (χ0v) is 15.0. The van der Waals surface area contributed by atoms with Crippen molar-refractivity contribution in [2.45, 2.75) is 13.8 Å². The molecule has 0 amide bonds. The van der Waals surface area contributed by atoms with E-state index in [0.29, 0.717) is 16.3 Å². The summed E-state index contributed by atoms with van der Waals surface area (Å²) in [7, 11) is 0. The van der Waals surface area contributed by atoms with Gasteiger partial charge in [-0.15, -0.1) is 0 Å². The number of hydrogen-bond donors (Lipinski definition) is 2. The average Bonchev–Trinajstić information content (AvgIpc) is 3.11. The van der Waals surface area contributed by atoms with Crippen molar-refractivity contribution in [1.82, 2.24) is 19.7 Å². The highest BCUT2D eigenvalue weighted by molar-refractivity contribution is 6.30. The van der Waals surface area contributed by atoms with Crippen LogP contribution in [0, 0.1) is 13.8 Å². The summed E-state index contributed by atoms with van der Waals surface area (Å²) in [6.07, 6.45) is 1.58. The van der Waals surface area contributed by atoms with Crippen molar-refractivity contribution in [3.8, 4) is 5.69 Å². The van der Waals surface area contributed by atoms with Crippen molar-refractivity contribution in [3.05, 3.63) is 74.9 Å². The molecular weight excluding hydrogens is 350 g/mol. The van der Waals surface area contributed by atoms with Crippen LogP contribution in [0.1, 0.15) is 17.1 Å². The maximum Gasteiger partial charge on any atom is 0.280 e. The first kappa shape index (κ1) is 16.4. The van der Waals surface area contributed by atoms with Crippen LogP contribution in [-0.2, 0) is 0 Å². The van der Waals surface area contributed by atoms with Crippen LogP contribution in [-0.4, -0.2) is 26.0 Å². The van der Waals surface area contributed by atoms with Crippen molar-refractivity contribution in [2.75, 3.05) is 0 Å². The van der Waals surface area contributed by atoms with E-state index in [2.05, 4.69) is 20.1 Å². The van der Waals surface area contributed by atoms with Crippen LogP contribution in [0.3, 0.4) is 0 Å². The molecule has 0 aliphatic rings. The van der Waals surface area contributed by atoms with Crippen LogP contribution < -0.4 is 5.56 Å². The third-order valence-corrected chi connectivity index (χ3v) is 4.35. The number of aliphatic imine (C=N–C) groups is 1. The van der Waals surface area contributed by atoms with Crippen molar-refractivity contribution in [3.63, 3.8) is 0 Å². The van der Waals surface area contributed by atoms with Gasteiger partial charge in [0, 0.05) is 16.9 Å². The SMILES string of the molecule is Cc1nc2ccc(N=Cc3c(C)[nH]n(-c4cccc(Cl)c4)c3=O)cc2[nH]1.